The number of carbonyl (C=O) groups excluding carboxylic acids is 4. The van der Waals surface area contributed by atoms with Crippen molar-refractivity contribution in [3.8, 4) is 11.3 Å². The highest BCUT2D eigenvalue weighted by Crippen LogP contribution is 2.24. The van der Waals surface area contributed by atoms with Gasteiger partial charge >= 0.3 is 11.9 Å². The number of aromatic nitrogens is 2. The van der Waals surface area contributed by atoms with Crippen LogP contribution in [0.5, 0.6) is 0 Å². The third-order valence-corrected chi connectivity index (χ3v) is 8.62. The number of fused-ring (bicyclic) bond motifs is 1. The Hall–Kier alpha value is -4.21. The van der Waals surface area contributed by atoms with Gasteiger partial charge in [-0.05, 0) is 25.1 Å². The van der Waals surface area contributed by atoms with E-state index in [1.54, 1.807) is 18.4 Å². The molecule has 2 aromatic heterocycles. The Morgan fingerprint density at radius 2 is 1.83 bits per heavy atom. The summed E-state index contributed by atoms with van der Waals surface area (Å²) < 4.78 is 36.9. The van der Waals surface area contributed by atoms with Crippen molar-refractivity contribution < 1.29 is 37.1 Å². The lowest BCUT2D eigenvalue weighted by atomic mass is 10.2. The highest BCUT2D eigenvalue weighted by molar-refractivity contribution is 7.92. The molecular formula is C26H24N4O8S3. The van der Waals surface area contributed by atoms with Gasteiger partial charge in [-0.25, -0.2) is 18.2 Å². The molecule has 4 aromatic rings. The van der Waals surface area contributed by atoms with Gasteiger partial charge in [0.25, 0.3) is 5.91 Å². The summed E-state index contributed by atoms with van der Waals surface area (Å²) in [6.45, 7) is 1.48. The van der Waals surface area contributed by atoms with Gasteiger partial charge in [0, 0.05) is 10.9 Å². The number of amides is 2. The van der Waals surface area contributed by atoms with Gasteiger partial charge < -0.3 is 19.4 Å². The predicted octanol–water partition coefficient (Wildman–Crippen LogP) is 2.66. The molecule has 4 rings (SSSR count). The highest BCUT2D eigenvalue weighted by atomic mass is 32.2. The van der Waals surface area contributed by atoms with E-state index >= 15 is 0 Å². The minimum Gasteiger partial charge on any atom is -0.465 e. The van der Waals surface area contributed by atoms with Crippen LogP contribution in [0.3, 0.4) is 0 Å². The summed E-state index contributed by atoms with van der Waals surface area (Å²) in [6.07, 6.45) is 0. The van der Waals surface area contributed by atoms with Crippen molar-refractivity contribution in [2.75, 3.05) is 30.5 Å². The first-order chi connectivity index (χ1) is 19.6. The molecule has 0 saturated carbocycles. The number of nitrogens with one attached hydrogen (secondary N) is 1. The average Bonchev–Trinajstić information content (AvgIpc) is 3.52. The maximum atomic E-state index is 12.7. The summed E-state index contributed by atoms with van der Waals surface area (Å²) in [5.74, 6) is -5.04. The zero-order valence-electron chi connectivity index (χ0n) is 21.9. The van der Waals surface area contributed by atoms with E-state index in [1.165, 1.54) is 23.8 Å². The van der Waals surface area contributed by atoms with E-state index < -0.39 is 45.1 Å². The summed E-state index contributed by atoms with van der Waals surface area (Å²) in [7, 11) is -2.96. The van der Waals surface area contributed by atoms with E-state index in [-0.39, 0.29) is 28.6 Å². The molecule has 2 amide bonds. The zero-order chi connectivity index (χ0) is 29.6. The van der Waals surface area contributed by atoms with Crippen LogP contribution in [-0.2, 0) is 40.2 Å². The number of ether oxygens (including phenoxy) is 2. The number of nitrogens with zero attached hydrogens (tertiary/aromatic N) is 3. The number of esters is 2. The maximum Gasteiger partial charge on any atom is 0.337 e. The summed E-state index contributed by atoms with van der Waals surface area (Å²) in [5, 5.41) is 4.39. The first kappa shape index (κ1) is 29.8. The fourth-order valence-corrected chi connectivity index (χ4v) is 6.53. The van der Waals surface area contributed by atoms with E-state index in [1.807, 2.05) is 30.3 Å². The van der Waals surface area contributed by atoms with Crippen LogP contribution in [0.2, 0.25) is 0 Å². The first-order valence-electron chi connectivity index (χ1n) is 12.0. The SMILES string of the molecule is CCOC(=O)Cn1c(=NC(=O)CS(=O)(=O)CC(=O)Nc2nc(-c3ccccc3)cs2)sc2cc(C(=O)OC)ccc21. The Kier molecular flexibility index (Phi) is 9.42. The summed E-state index contributed by atoms with van der Waals surface area (Å²) in [4.78, 5) is 57.5. The van der Waals surface area contributed by atoms with Gasteiger partial charge in [-0.1, -0.05) is 41.7 Å². The van der Waals surface area contributed by atoms with Crippen LogP contribution in [0.25, 0.3) is 21.5 Å². The number of methoxy groups -OCH3 is 1. The third-order valence-electron chi connectivity index (χ3n) is 5.43. The second-order valence-electron chi connectivity index (χ2n) is 8.44. The number of sulfone groups is 1. The average molecular weight is 617 g/mol. The smallest absolute Gasteiger partial charge is 0.337 e. The fraction of sp³-hybridized carbons (Fsp3) is 0.231. The predicted molar refractivity (Wildman–Crippen MR) is 153 cm³/mol. The lowest BCUT2D eigenvalue weighted by Crippen LogP contribution is -2.28. The number of benzene rings is 2. The molecular weight excluding hydrogens is 593 g/mol. The molecule has 12 nitrogen and oxygen atoms in total. The molecule has 2 aromatic carbocycles. The molecule has 15 heteroatoms. The van der Waals surface area contributed by atoms with Crippen molar-refractivity contribution >= 4 is 71.6 Å². The second kappa shape index (κ2) is 13.0. The van der Waals surface area contributed by atoms with Crippen LogP contribution in [0.1, 0.15) is 17.3 Å². The molecule has 214 valence electrons. The van der Waals surface area contributed by atoms with Crippen LogP contribution in [-0.4, -0.2) is 66.9 Å². The molecule has 0 fully saturated rings. The van der Waals surface area contributed by atoms with Gasteiger partial charge in [0.2, 0.25) is 5.91 Å². The molecule has 0 saturated heterocycles. The Bertz CT molecular complexity index is 1790. The first-order valence-corrected chi connectivity index (χ1v) is 15.6. The Morgan fingerprint density at radius 1 is 1.07 bits per heavy atom. The molecule has 0 aliphatic heterocycles. The number of thiazole rings is 2. The second-order valence-corrected chi connectivity index (χ2v) is 12.4. The lowest BCUT2D eigenvalue weighted by Gasteiger charge is -2.06. The van der Waals surface area contributed by atoms with Crippen molar-refractivity contribution in [2.45, 2.75) is 13.5 Å². The highest BCUT2D eigenvalue weighted by Gasteiger charge is 2.22. The van der Waals surface area contributed by atoms with Crippen molar-refractivity contribution in [2.24, 2.45) is 4.99 Å². The van der Waals surface area contributed by atoms with E-state index in [4.69, 9.17) is 9.47 Å². The van der Waals surface area contributed by atoms with Gasteiger partial charge in [-0.3, -0.25) is 14.4 Å². The summed E-state index contributed by atoms with van der Waals surface area (Å²) in [5.41, 5.74) is 2.18. The lowest BCUT2D eigenvalue weighted by molar-refractivity contribution is -0.143. The third kappa shape index (κ3) is 7.71. The van der Waals surface area contributed by atoms with Gasteiger partial charge in [0.15, 0.2) is 19.8 Å². The van der Waals surface area contributed by atoms with E-state index in [2.05, 4.69) is 15.3 Å². The molecule has 1 N–H and O–H groups in total. The molecule has 0 radical (unpaired) electrons. The molecule has 0 aliphatic rings. The number of hydrogen-bond donors (Lipinski definition) is 1. The standard InChI is InChI=1S/C26H24N4O8S3/c1-3-38-23(33)12-30-19-10-9-17(24(34)37-2)11-20(19)40-26(30)29-22(32)15-41(35,36)14-21(31)28-25-27-18(13-39-25)16-7-5-4-6-8-16/h4-11,13H,3,12,14-15H2,1-2H3,(H,27,28,31). The molecule has 0 bridgehead atoms. The minimum absolute atomic E-state index is 0.0240. The summed E-state index contributed by atoms with van der Waals surface area (Å²) >= 11 is 2.11. The molecule has 2 heterocycles. The Labute approximate surface area is 242 Å². The topological polar surface area (TPSA) is 163 Å². The van der Waals surface area contributed by atoms with Crippen LogP contribution >= 0.6 is 22.7 Å². The van der Waals surface area contributed by atoms with Gasteiger partial charge in [0.1, 0.15) is 18.1 Å². The Morgan fingerprint density at radius 3 is 2.54 bits per heavy atom. The monoisotopic (exact) mass is 616 g/mol. The fourth-order valence-electron chi connectivity index (χ4n) is 3.70. The number of anilines is 1. The van der Waals surface area contributed by atoms with Crippen LogP contribution in [0.4, 0.5) is 5.13 Å². The normalized spacial score (nSPS) is 11.8. The van der Waals surface area contributed by atoms with Gasteiger partial charge in [0.05, 0.1) is 35.2 Å². The molecule has 0 unspecified atom stereocenters. The van der Waals surface area contributed by atoms with Crippen molar-refractivity contribution in [1.82, 2.24) is 9.55 Å². The maximum absolute atomic E-state index is 12.7. The summed E-state index contributed by atoms with van der Waals surface area (Å²) in [6, 6.07) is 13.8. The molecule has 0 spiro atoms. The van der Waals surface area contributed by atoms with E-state index in [0.29, 0.717) is 15.9 Å². The molecule has 41 heavy (non-hydrogen) atoms. The number of carbonyl (C=O) groups is 4. The van der Waals surface area contributed by atoms with Crippen LogP contribution in [0.15, 0.2) is 58.9 Å². The number of rotatable bonds is 10. The van der Waals surface area contributed by atoms with Crippen molar-refractivity contribution in [1.29, 1.82) is 0 Å². The largest absolute Gasteiger partial charge is 0.465 e. The van der Waals surface area contributed by atoms with Crippen molar-refractivity contribution in [3.63, 3.8) is 0 Å². The van der Waals surface area contributed by atoms with Crippen molar-refractivity contribution in [3.05, 3.63) is 64.3 Å². The van der Waals surface area contributed by atoms with Crippen LogP contribution in [0, 0.1) is 0 Å². The quantitative estimate of drug-likeness (QED) is 0.264. The Balaban J connectivity index is 1.51. The molecule has 0 aliphatic carbocycles. The van der Waals surface area contributed by atoms with Gasteiger partial charge in [-0.15, -0.1) is 11.3 Å². The molecule has 0 atom stereocenters. The van der Waals surface area contributed by atoms with E-state index in [9.17, 15) is 27.6 Å². The minimum atomic E-state index is -4.20. The van der Waals surface area contributed by atoms with E-state index in [0.717, 1.165) is 28.2 Å². The number of hydrogen-bond acceptors (Lipinski definition) is 11. The zero-order valence-corrected chi connectivity index (χ0v) is 24.3. The van der Waals surface area contributed by atoms with Gasteiger partial charge in [-0.2, -0.15) is 4.99 Å². The van der Waals surface area contributed by atoms with Crippen LogP contribution < -0.4 is 10.1 Å².